The molecule has 0 N–H and O–H groups in total. The molecule has 0 aliphatic carbocycles. The highest BCUT2D eigenvalue weighted by Gasteiger charge is 2.15. The van der Waals surface area contributed by atoms with Crippen LogP contribution in [0.2, 0.25) is 0 Å². The predicted molar refractivity (Wildman–Crippen MR) is 52.0 cm³/mol. The molecular formula is C10H11F2N3. The van der Waals surface area contributed by atoms with Gasteiger partial charge in [0.15, 0.2) is 5.65 Å². The van der Waals surface area contributed by atoms with E-state index in [1.807, 2.05) is 13.8 Å². The highest BCUT2D eigenvalue weighted by atomic mass is 19.3. The van der Waals surface area contributed by atoms with Gasteiger partial charge < -0.3 is 0 Å². The summed E-state index contributed by atoms with van der Waals surface area (Å²) in [6.45, 7) is 3.87. The minimum Gasteiger partial charge on any atom is -0.228 e. The lowest BCUT2D eigenvalue weighted by atomic mass is 10.1. The second kappa shape index (κ2) is 3.56. The Morgan fingerprint density at radius 1 is 1.33 bits per heavy atom. The summed E-state index contributed by atoms with van der Waals surface area (Å²) in [6, 6.07) is 3.03. The van der Waals surface area contributed by atoms with Gasteiger partial charge in [0, 0.05) is 11.8 Å². The van der Waals surface area contributed by atoms with Crippen molar-refractivity contribution >= 4 is 5.65 Å². The van der Waals surface area contributed by atoms with E-state index in [1.165, 1.54) is 6.07 Å². The van der Waals surface area contributed by atoms with Crippen molar-refractivity contribution < 1.29 is 8.78 Å². The van der Waals surface area contributed by atoms with Gasteiger partial charge in [-0.1, -0.05) is 13.8 Å². The van der Waals surface area contributed by atoms with Gasteiger partial charge in [0.1, 0.15) is 5.69 Å². The summed E-state index contributed by atoms with van der Waals surface area (Å²) in [6.07, 6.45) is -0.980. The summed E-state index contributed by atoms with van der Waals surface area (Å²) in [4.78, 5) is 3.83. The van der Waals surface area contributed by atoms with Gasteiger partial charge in [-0.05, 0) is 12.0 Å². The third kappa shape index (κ3) is 1.69. The maximum Gasteiger partial charge on any atom is 0.280 e. The lowest BCUT2D eigenvalue weighted by molar-refractivity contribution is 0.146. The molecule has 2 aromatic heterocycles. The first-order valence-corrected chi connectivity index (χ1v) is 4.72. The van der Waals surface area contributed by atoms with E-state index in [1.54, 1.807) is 16.8 Å². The summed E-state index contributed by atoms with van der Waals surface area (Å²) in [5.74, 6) is 0.132. The van der Waals surface area contributed by atoms with Crippen molar-refractivity contribution in [1.29, 1.82) is 0 Å². The van der Waals surface area contributed by atoms with Crippen molar-refractivity contribution in [2.24, 2.45) is 0 Å². The van der Waals surface area contributed by atoms with Crippen LogP contribution in [0.15, 0.2) is 18.3 Å². The Morgan fingerprint density at radius 2 is 2.07 bits per heavy atom. The summed E-state index contributed by atoms with van der Waals surface area (Å²) in [5.41, 5.74) is 1.03. The van der Waals surface area contributed by atoms with Gasteiger partial charge in [0.2, 0.25) is 0 Å². The summed E-state index contributed by atoms with van der Waals surface area (Å²) < 4.78 is 26.7. The highest BCUT2D eigenvalue weighted by molar-refractivity contribution is 5.39. The average Bonchev–Trinajstić information content (AvgIpc) is 2.62. The molecule has 0 amide bonds. The van der Waals surface area contributed by atoms with Crippen LogP contribution in [0, 0.1) is 0 Å². The van der Waals surface area contributed by atoms with Gasteiger partial charge in [-0.2, -0.15) is 5.10 Å². The Labute approximate surface area is 85.7 Å². The Hall–Kier alpha value is -1.52. The second-order valence-corrected chi connectivity index (χ2v) is 3.66. The van der Waals surface area contributed by atoms with Crippen LogP contribution in [-0.4, -0.2) is 14.6 Å². The molecule has 0 radical (unpaired) electrons. The Kier molecular flexibility index (Phi) is 2.38. The summed E-state index contributed by atoms with van der Waals surface area (Å²) in [7, 11) is 0. The van der Waals surface area contributed by atoms with Gasteiger partial charge in [-0.15, -0.1) is 0 Å². The Morgan fingerprint density at radius 3 is 2.67 bits per heavy atom. The van der Waals surface area contributed by atoms with Crippen LogP contribution in [0.25, 0.3) is 5.65 Å². The SMILES string of the molecule is CC(C)c1cc(C(F)F)nc2ccnn12. The summed E-state index contributed by atoms with van der Waals surface area (Å²) in [5, 5.41) is 4.05. The topological polar surface area (TPSA) is 30.2 Å². The molecule has 80 valence electrons. The van der Waals surface area contributed by atoms with Gasteiger partial charge in [-0.3, -0.25) is 0 Å². The molecule has 0 unspecified atom stereocenters. The molecule has 0 spiro atoms. The van der Waals surface area contributed by atoms with Crippen LogP contribution in [-0.2, 0) is 0 Å². The fourth-order valence-electron chi connectivity index (χ4n) is 1.48. The first-order valence-electron chi connectivity index (χ1n) is 4.72. The lowest BCUT2D eigenvalue weighted by Crippen LogP contribution is -2.05. The fraction of sp³-hybridized carbons (Fsp3) is 0.400. The van der Waals surface area contributed by atoms with Crippen molar-refractivity contribution in [2.75, 3.05) is 0 Å². The van der Waals surface area contributed by atoms with Gasteiger partial charge in [0.25, 0.3) is 6.43 Å². The van der Waals surface area contributed by atoms with Gasteiger partial charge in [0.05, 0.1) is 6.20 Å². The third-order valence-electron chi connectivity index (χ3n) is 2.22. The van der Waals surface area contributed by atoms with E-state index in [2.05, 4.69) is 10.1 Å². The molecular weight excluding hydrogens is 200 g/mol. The summed E-state index contributed by atoms with van der Waals surface area (Å²) >= 11 is 0. The number of halogens is 2. The molecule has 15 heavy (non-hydrogen) atoms. The van der Waals surface area contributed by atoms with Crippen LogP contribution in [0.3, 0.4) is 0 Å². The first-order chi connectivity index (χ1) is 7.09. The van der Waals surface area contributed by atoms with Crippen molar-refractivity contribution in [2.45, 2.75) is 26.2 Å². The molecule has 5 heteroatoms. The van der Waals surface area contributed by atoms with Crippen molar-refractivity contribution in [1.82, 2.24) is 14.6 Å². The number of nitrogens with zero attached hydrogens (tertiary/aromatic N) is 3. The molecule has 0 aliphatic rings. The largest absolute Gasteiger partial charge is 0.280 e. The van der Waals surface area contributed by atoms with E-state index in [4.69, 9.17) is 0 Å². The predicted octanol–water partition coefficient (Wildman–Crippen LogP) is 2.79. The second-order valence-electron chi connectivity index (χ2n) is 3.66. The van der Waals surface area contributed by atoms with E-state index in [9.17, 15) is 8.78 Å². The zero-order valence-corrected chi connectivity index (χ0v) is 8.48. The molecule has 0 saturated carbocycles. The van der Waals surface area contributed by atoms with Gasteiger partial charge >= 0.3 is 0 Å². The zero-order valence-electron chi connectivity index (χ0n) is 8.48. The van der Waals surface area contributed by atoms with E-state index in [0.29, 0.717) is 5.65 Å². The van der Waals surface area contributed by atoms with Gasteiger partial charge in [-0.25, -0.2) is 18.3 Å². The number of hydrogen-bond acceptors (Lipinski definition) is 2. The standard InChI is InChI=1S/C10H11F2N3/c1-6(2)8-5-7(10(11)12)14-9-3-4-13-15(8)9/h3-6,10H,1-2H3. The third-order valence-corrected chi connectivity index (χ3v) is 2.22. The molecule has 0 fully saturated rings. The number of alkyl halides is 2. The minimum atomic E-state index is -2.54. The van der Waals surface area contributed by atoms with Crippen LogP contribution in [0.1, 0.15) is 37.6 Å². The number of aromatic nitrogens is 3. The molecule has 0 bridgehead atoms. The molecule has 2 rings (SSSR count). The van der Waals surface area contributed by atoms with Crippen molar-refractivity contribution in [3.05, 3.63) is 29.7 Å². The Bertz CT molecular complexity index is 476. The molecule has 0 saturated heterocycles. The fourth-order valence-corrected chi connectivity index (χ4v) is 1.48. The van der Waals surface area contributed by atoms with Crippen LogP contribution in [0.5, 0.6) is 0 Å². The van der Waals surface area contributed by atoms with E-state index >= 15 is 0 Å². The molecule has 0 aliphatic heterocycles. The van der Waals surface area contributed by atoms with Crippen molar-refractivity contribution in [3.8, 4) is 0 Å². The van der Waals surface area contributed by atoms with Crippen molar-refractivity contribution in [3.63, 3.8) is 0 Å². The monoisotopic (exact) mass is 211 g/mol. The quantitative estimate of drug-likeness (QED) is 0.764. The normalized spacial score (nSPS) is 11.9. The highest BCUT2D eigenvalue weighted by Crippen LogP contribution is 2.22. The minimum absolute atomic E-state index is 0.132. The first kappa shape index (κ1) is 10.0. The van der Waals surface area contributed by atoms with E-state index in [0.717, 1.165) is 5.69 Å². The molecule has 3 nitrogen and oxygen atoms in total. The zero-order chi connectivity index (χ0) is 11.0. The molecule has 2 heterocycles. The van der Waals surface area contributed by atoms with E-state index in [-0.39, 0.29) is 11.6 Å². The Balaban J connectivity index is 2.69. The number of hydrogen-bond donors (Lipinski definition) is 0. The van der Waals surface area contributed by atoms with Crippen LogP contribution < -0.4 is 0 Å². The van der Waals surface area contributed by atoms with Crippen LogP contribution in [0.4, 0.5) is 8.78 Å². The molecule has 0 aromatic carbocycles. The van der Waals surface area contributed by atoms with E-state index < -0.39 is 6.43 Å². The molecule has 2 aromatic rings. The maximum atomic E-state index is 12.6. The maximum absolute atomic E-state index is 12.6. The average molecular weight is 211 g/mol. The number of rotatable bonds is 2. The smallest absolute Gasteiger partial charge is 0.228 e. The van der Waals surface area contributed by atoms with Crippen LogP contribution >= 0.6 is 0 Å². The number of fused-ring (bicyclic) bond motifs is 1. The molecule has 0 atom stereocenters. The lowest BCUT2D eigenvalue weighted by Gasteiger charge is -2.09.